The van der Waals surface area contributed by atoms with E-state index in [2.05, 4.69) is 25.8 Å². The lowest BCUT2D eigenvalue weighted by molar-refractivity contribution is 0.385. The number of allylic oxidation sites excluding steroid dienone is 4. The van der Waals surface area contributed by atoms with Gasteiger partial charge in [0.2, 0.25) is 0 Å². The summed E-state index contributed by atoms with van der Waals surface area (Å²) in [4.78, 5) is 4.28. The van der Waals surface area contributed by atoms with Gasteiger partial charge in [-0.05, 0) is 24.8 Å². The number of hydrogen-bond acceptors (Lipinski definition) is 1. The van der Waals surface area contributed by atoms with Gasteiger partial charge in [0.05, 0.1) is 0 Å². The summed E-state index contributed by atoms with van der Waals surface area (Å²) in [5.41, 5.74) is 0.393. The van der Waals surface area contributed by atoms with Crippen LogP contribution in [0.4, 0.5) is 0 Å². The van der Waals surface area contributed by atoms with Crippen LogP contribution < -0.4 is 0 Å². The second-order valence-corrected chi connectivity index (χ2v) is 4.28. The molecule has 0 aromatic carbocycles. The molecule has 0 heterocycles. The number of aliphatic imine (C=N–C) groups is 1. The topological polar surface area (TPSA) is 12.4 Å². The maximum atomic E-state index is 4.28. The molecule has 0 radical (unpaired) electrons. The molecule has 0 N–H and O–H groups in total. The van der Waals surface area contributed by atoms with Crippen LogP contribution in [0.3, 0.4) is 0 Å². The van der Waals surface area contributed by atoms with Crippen LogP contribution in [0.15, 0.2) is 29.3 Å². The molecule has 0 aliphatic rings. The molecule has 74 valence electrons. The van der Waals surface area contributed by atoms with E-state index in [1.807, 2.05) is 37.4 Å². The molecule has 0 aliphatic heterocycles. The zero-order valence-electron chi connectivity index (χ0n) is 9.25. The Hall–Kier alpha value is -0.850. The molecule has 0 aliphatic carbocycles. The highest BCUT2D eigenvalue weighted by molar-refractivity contribution is 5.71. The maximum Gasteiger partial charge on any atom is 0.0394 e. The van der Waals surface area contributed by atoms with Crippen LogP contribution in [0.5, 0.6) is 0 Å². The Morgan fingerprint density at radius 3 is 2.31 bits per heavy atom. The molecule has 1 nitrogen and oxygen atoms in total. The Labute approximate surface area is 82.3 Å². The van der Waals surface area contributed by atoms with E-state index in [0.717, 1.165) is 13.0 Å². The zero-order valence-corrected chi connectivity index (χ0v) is 9.25. The number of hydrogen-bond donors (Lipinski definition) is 0. The third-order valence-electron chi connectivity index (χ3n) is 1.60. The van der Waals surface area contributed by atoms with Crippen LogP contribution in [0.2, 0.25) is 0 Å². The Balaban J connectivity index is 3.53. The minimum absolute atomic E-state index is 0.393. The fourth-order valence-corrected chi connectivity index (χ4v) is 0.760. The minimum Gasteiger partial charge on any atom is -0.293 e. The van der Waals surface area contributed by atoms with Gasteiger partial charge < -0.3 is 0 Å². The molecule has 0 aromatic heterocycles. The highest BCUT2D eigenvalue weighted by Gasteiger charge is 2.07. The molecular formula is C12H21N. The van der Waals surface area contributed by atoms with E-state index in [-0.39, 0.29) is 0 Å². The van der Waals surface area contributed by atoms with Gasteiger partial charge in [-0.1, -0.05) is 39.0 Å². The quantitative estimate of drug-likeness (QED) is 0.461. The van der Waals surface area contributed by atoms with Crippen molar-refractivity contribution in [3.8, 4) is 0 Å². The first kappa shape index (κ1) is 12.2. The van der Waals surface area contributed by atoms with E-state index in [1.54, 1.807) is 0 Å². The van der Waals surface area contributed by atoms with E-state index in [9.17, 15) is 0 Å². The summed E-state index contributed by atoms with van der Waals surface area (Å²) in [7, 11) is 0. The molecule has 0 saturated heterocycles. The molecule has 0 atom stereocenters. The largest absolute Gasteiger partial charge is 0.293 e. The molecular weight excluding hydrogens is 158 g/mol. The summed E-state index contributed by atoms with van der Waals surface area (Å²) in [5.74, 6) is 0. The third-order valence-corrected chi connectivity index (χ3v) is 1.60. The van der Waals surface area contributed by atoms with Crippen molar-refractivity contribution < 1.29 is 0 Å². The number of rotatable bonds is 4. The van der Waals surface area contributed by atoms with Crippen molar-refractivity contribution >= 4 is 6.21 Å². The molecule has 0 saturated carbocycles. The summed E-state index contributed by atoms with van der Waals surface area (Å²) < 4.78 is 0. The summed E-state index contributed by atoms with van der Waals surface area (Å²) in [6.07, 6.45) is 10.9. The summed E-state index contributed by atoms with van der Waals surface area (Å²) >= 11 is 0. The minimum atomic E-state index is 0.393. The van der Waals surface area contributed by atoms with Gasteiger partial charge in [0.25, 0.3) is 0 Å². The van der Waals surface area contributed by atoms with Gasteiger partial charge >= 0.3 is 0 Å². The lowest BCUT2D eigenvalue weighted by Crippen LogP contribution is -2.06. The predicted molar refractivity (Wildman–Crippen MR) is 61.4 cm³/mol. The number of nitrogens with zero attached hydrogens (tertiary/aromatic N) is 1. The van der Waals surface area contributed by atoms with Crippen LogP contribution in [0.1, 0.15) is 34.1 Å². The fourth-order valence-electron chi connectivity index (χ4n) is 0.760. The third kappa shape index (κ3) is 11.1. The van der Waals surface area contributed by atoms with Crippen LogP contribution in [0.25, 0.3) is 0 Å². The lowest BCUT2D eigenvalue weighted by Gasteiger charge is -2.15. The van der Waals surface area contributed by atoms with E-state index < -0.39 is 0 Å². The zero-order chi connectivity index (χ0) is 10.2. The molecule has 0 rings (SSSR count). The molecule has 0 spiro atoms. The van der Waals surface area contributed by atoms with Crippen LogP contribution in [-0.2, 0) is 0 Å². The van der Waals surface area contributed by atoms with Crippen molar-refractivity contribution in [2.24, 2.45) is 10.4 Å². The average Bonchev–Trinajstić information content (AvgIpc) is 2.01. The van der Waals surface area contributed by atoms with Crippen molar-refractivity contribution in [3.05, 3.63) is 24.3 Å². The fraction of sp³-hybridized carbons (Fsp3) is 0.583. The average molecular weight is 179 g/mol. The van der Waals surface area contributed by atoms with Crippen LogP contribution in [0, 0.1) is 5.41 Å². The van der Waals surface area contributed by atoms with Crippen molar-refractivity contribution in [2.45, 2.75) is 34.1 Å². The lowest BCUT2D eigenvalue weighted by atomic mass is 9.93. The molecule has 13 heavy (non-hydrogen) atoms. The highest BCUT2D eigenvalue weighted by atomic mass is 14.7. The Kier molecular flexibility index (Phi) is 6.21. The highest BCUT2D eigenvalue weighted by Crippen LogP contribution is 2.17. The van der Waals surface area contributed by atoms with Gasteiger partial charge in [-0.15, -0.1) is 0 Å². The Bertz CT molecular complexity index is 192. The van der Waals surface area contributed by atoms with Crippen LogP contribution >= 0.6 is 0 Å². The summed E-state index contributed by atoms with van der Waals surface area (Å²) in [6.45, 7) is 9.62. The van der Waals surface area contributed by atoms with Gasteiger partial charge in [0.15, 0.2) is 0 Å². The second kappa shape index (κ2) is 6.64. The second-order valence-electron chi connectivity index (χ2n) is 4.28. The van der Waals surface area contributed by atoms with E-state index in [1.165, 1.54) is 0 Å². The first-order chi connectivity index (χ1) is 6.06. The molecule has 0 bridgehead atoms. The van der Waals surface area contributed by atoms with Gasteiger partial charge in [-0.2, -0.15) is 0 Å². The molecule has 0 amide bonds. The van der Waals surface area contributed by atoms with Crippen molar-refractivity contribution in [2.75, 3.05) is 6.54 Å². The van der Waals surface area contributed by atoms with Gasteiger partial charge in [-0.3, -0.25) is 4.99 Å². The maximum absolute atomic E-state index is 4.28. The Morgan fingerprint density at radius 2 is 1.77 bits per heavy atom. The molecule has 0 unspecified atom stereocenters. The van der Waals surface area contributed by atoms with E-state index >= 15 is 0 Å². The van der Waals surface area contributed by atoms with E-state index in [0.29, 0.717) is 5.41 Å². The van der Waals surface area contributed by atoms with Gasteiger partial charge in [0, 0.05) is 12.8 Å². The first-order valence-electron chi connectivity index (χ1n) is 4.84. The molecule has 0 fully saturated rings. The van der Waals surface area contributed by atoms with Crippen molar-refractivity contribution in [1.82, 2.24) is 0 Å². The summed E-state index contributed by atoms with van der Waals surface area (Å²) in [5, 5.41) is 0. The predicted octanol–water partition coefficient (Wildman–Crippen LogP) is 3.63. The van der Waals surface area contributed by atoms with Gasteiger partial charge in [-0.25, -0.2) is 0 Å². The summed E-state index contributed by atoms with van der Waals surface area (Å²) in [6, 6.07) is 0. The van der Waals surface area contributed by atoms with Crippen molar-refractivity contribution in [1.29, 1.82) is 0 Å². The monoisotopic (exact) mass is 179 g/mol. The van der Waals surface area contributed by atoms with E-state index in [4.69, 9.17) is 0 Å². The standard InChI is InChI=1S/C12H21N/c1-5-6-7-8-10-13-11-9-12(2,3)4/h5-8,10H,9,11H2,1-4H3/b6-5-,8-7-,13-10?. The molecule has 0 aromatic rings. The first-order valence-corrected chi connectivity index (χ1v) is 4.84. The SMILES string of the molecule is C/C=C\C=C/C=NCCC(C)(C)C. The Morgan fingerprint density at radius 1 is 1.08 bits per heavy atom. The smallest absolute Gasteiger partial charge is 0.0394 e. The van der Waals surface area contributed by atoms with Crippen molar-refractivity contribution in [3.63, 3.8) is 0 Å². The van der Waals surface area contributed by atoms with Crippen LogP contribution in [-0.4, -0.2) is 12.8 Å². The van der Waals surface area contributed by atoms with Gasteiger partial charge in [0.1, 0.15) is 0 Å². The normalized spacial score (nSPS) is 13.8. The molecule has 1 heteroatoms.